The van der Waals surface area contributed by atoms with Gasteiger partial charge in [0.2, 0.25) is 0 Å². The Kier molecular flexibility index (Phi) is 9.35. The van der Waals surface area contributed by atoms with Crippen molar-refractivity contribution in [2.24, 2.45) is 17.3 Å². The normalized spacial score (nSPS) is 23.5. The van der Waals surface area contributed by atoms with Gasteiger partial charge in [-0.2, -0.15) is 0 Å². The van der Waals surface area contributed by atoms with Gasteiger partial charge in [0.05, 0.1) is 5.41 Å². The van der Waals surface area contributed by atoms with Gasteiger partial charge in [-0.05, 0) is 25.2 Å². The van der Waals surface area contributed by atoms with Crippen LogP contribution in [0.1, 0.15) is 72.1 Å². The van der Waals surface area contributed by atoms with E-state index in [4.69, 9.17) is 4.74 Å². The number of carboxylic acids is 1. The fraction of sp³-hybridized carbons (Fsp3) is 0.762. The van der Waals surface area contributed by atoms with Crippen molar-refractivity contribution in [3.8, 4) is 0 Å². The zero-order valence-electron chi connectivity index (χ0n) is 16.0. The van der Waals surface area contributed by atoms with Gasteiger partial charge in [-0.15, -0.1) is 0 Å². The summed E-state index contributed by atoms with van der Waals surface area (Å²) in [4.78, 5) is 12.3. The maximum Gasteiger partial charge on any atom is 0.314 e. The summed E-state index contributed by atoms with van der Waals surface area (Å²) in [5.74, 6) is 0.108. The van der Waals surface area contributed by atoms with Gasteiger partial charge in [0.25, 0.3) is 0 Å². The molecule has 0 fully saturated rings. The smallest absolute Gasteiger partial charge is 0.314 e. The minimum Gasteiger partial charge on any atom is -0.481 e. The van der Waals surface area contributed by atoms with Crippen LogP contribution >= 0.6 is 0 Å². The number of carbonyl (C=O) groups is 1. The molecule has 0 aromatic carbocycles. The van der Waals surface area contributed by atoms with E-state index in [1.165, 1.54) is 18.4 Å². The third-order valence-electron chi connectivity index (χ3n) is 5.19. The highest BCUT2D eigenvalue weighted by Gasteiger charge is 2.45. The lowest BCUT2D eigenvalue weighted by Crippen LogP contribution is -2.40. The molecule has 2 atom stereocenters. The molecule has 0 heterocycles. The molecule has 1 aliphatic carbocycles. The van der Waals surface area contributed by atoms with Gasteiger partial charge < -0.3 is 9.84 Å². The van der Waals surface area contributed by atoms with Crippen molar-refractivity contribution < 1.29 is 14.6 Å². The molecule has 0 saturated heterocycles. The average molecular weight is 337 g/mol. The van der Waals surface area contributed by atoms with Crippen LogP contribution in [0.2, 0.25) is 0 Å². The quantitative estimate of drug-likeness (QED) is 0.471. The standard InChI is InChI=1S/C21H36O3/c1-5-10-18-12-9-15-21(20(22)23,19(18)13-16-24-4)14-8-6-7-11-17(2)3/h9,12,15,17,19H,5-8,10-11,13-14,16H2,1-4H3,(H,22,23). The van der Waals surface area contributed by atoms with Gasteiger partial charge in [-0.25, -0.2) is 0 Å². The molecule has 0 aromatic heterocycles. The Morgan fingerprint density at radius 2 is 2.08 bits per heavy atom. The number of hydrogen-bond donors (Lipinski definition) is 1. The van der Waals surface area contributed by atoms with Crippen molar-refractivity contribution in [1.29, 1.82) is 0 Å². The van der Waals surface area contributed by atoms with Crippen LogP contribution in [0.4, 0.5) is 0 Å². The largest absolute Gasteiger partial charge is 0.481 e. The van der Waals surface area contributed by atoms with Gasteiger partial charge in [-0.3, -0.25) is 4.79 Å². The van der Waals surface area contributed by atoms with E-state index in [1.54, 1.807) is 7.11 Å². The second kappa shape index (κ2) is 10.7. The molecule has 1 aliphatic rings. The lowest BCUT2D eigenvalue weighted by molar-refractivity contribution is -0.149. The van der Waals surface area contributed by atoms with Crippen LogP contribution in [0.25, 0.3) is 0 Å². The topological polar surface area (TPSA) is 46.5 Å². The van der Waals surface area contributed by atoms with Crippen LogP contribution in [-0.2, 0) is 9.53 Å². The summed E-state index contributed by atoms with van der Waals surface area (Å²) in [5.41, 5.74) is 0.525. The highest BCUT2D eigenvalue weighted by molar-refractivity contribution is 5.79. The summed E-state index contributed by atoms with van der Waals surface area (Å²) in [6, 6.07) is 0. The van der Waals surface area contributed by atoms with E-state index in [2.05, 4.69) is 26.8 Å². The minimum absolute atomic E-state index is 0.0602. The molecular weight excluding hydrogens is 300 g/mol. The van der Waals surface area contributed by atoms with E-state index in [0.717, 1.165) is 44.4 Å². The van der Waals surface area contributed by atoms with E-state index < -0.39 is 11.4 Å². The predicted octanol–water partition coefficient (Wildman–Crippen LogP) is 5.61. The SMILES string of the molecule is CCCC1=CC=CC(CCCCCC(C)C)(C(=O)O)C1CCOC. The van der Waals surface area contributed by atoms with Crippen molar-refractivity contribution in [3.63, 3.8) is 0 Å². The fourth-order valence-corrected chi connectivity index (χ4v) is 3.86. The Labute approximate surface area is 148 Å². The van der Waals surface area contributed by atoms with Crippen molar-refractivity contribution in [2.75, 3.05) is 13.7 Å². The van der Waals surface area contributed by atoms with Gasteiger partial charge in [-0.1, -0.05) is 76.7 Å². The van der Waals surface area contributed by atoms with Gasteiger partial charge in [0.15, 0.2) is 0 Å². The minimum atomic E-state index is -0.754. The van der Waals surface area contributed by atoms with Crippen LogP contribution in [0.5, 0.6) is 0 Å². The number of carboxylic acid groups (broad SMARTS) is 1. The van der Waals surface area contributed by atoms with Crippen LogP contribution in [0, 0.1) is 17.3 Å². The predicted molar refractivity (Wildman–Crippen MR) is 100 cm³/mol. The second-order valence-corrected chi connectivity index (χ2v) is 7.52. The number of hydrogen-bond acceptors (Lipinski definition) is 2. The van der Waals surface area contributed by atoms with E-state index in [9.17, 15) is 9.90 Å². The Bertz CT molecular complexity index is 436. The van der Waals surface area contributed by atoms with Crippen molar-refractivity contribution >= 4 is 5.97 Å². The number of aliphatic carboxylic acids is 1. The molecule has 1 rings (SSSR count). The Morgan fingerprint density at radius 1 is 1.33 bits per heavy atom. The first kappa shape index (κ1) is 21.0. The molecule has 0 aliphatic heterocycles. The lowest BCUT2D eigenvalue weighted by Gasteiger charge is -2.39. The maximum absolute atomic E-state index is 12.3. The molecule has 0 amide bonds. The third-order valence-corrected chi connectivity index (χ3v) is 5.19. The number of allylic oxidation sites excluding steroid dienone is 3. The molecule has 138 valence electrons. The lowest BCUT2D eigenvalue weighted by atomic mass is 9.64. The van der Waals surface area contributed by atoms with Gasteiger partial charge in [0, 0.05) is 19.6 Å². The molecular formula is C21H36O3. The van der Waals surface area contributed by atoms with E-state index in [-0.39, 0.29) is 5.92 Å². The summed E-state index contributed by atoms with van der Waals surface area (Å²) in [7, 11) is 1.69. The molecule has 0 radical (unpaired) electrons. The monoisotopic (exact) mass is 336 g/mol. The summed E-state index contributed by atoms with van der Waals surface area (Å²) in [6.45, 7) is 7.25. The summed E-state index contributed by atoms with van der Waals surface area (Å²) >= 11 is 0. The number of rotatable bonds is 12. The molecule has 1 N–H and O–H groups in total. The van der Waals surface area contributed by atoms with E-state index in [0.29, 0.717) is 6.61 Å². The first-order valence-electron chi connectivity index (χ1n) is 9.58. The molecule has 3 heteroatoms. The first-order valence-corrected chi connectivity index (χ1v) is 9.58. The number of ether oxygens (including phenoxy) is 1. The van der Waals surface area contributed by atoms with Crippen LogP contribution in [0.3, 0.4) is 0 Å². The summed E-state index contributed by atoms with van der Waals surface area (Å²) < 4.78 is 5.27. The van der Waals surface area contributed by atoms with Gasteiger partial charge in [0.1, 0.15) is 0 Å². The van der Waals surface area contributed by atoms with Crippen molar-refractivity contribution in [3.05, 3.63) is 23.8 Å². The van der Waals surface area contributed by atoms with Crippen LogP contribution < -0.4 is 0 Å². The summed E-state index contributed by atoms with van der Waals surface area (Å²) in [5, 5.41) is 10.1. The fourth-order valence-electron chi connectivity index (χ4n) is 3.86. The van der Waals surface area contributed by atoms with Crippen LogP contribution in [-0.4, -0.2) is 24.8 Å². The molecule has 0 saturated carbocycles. The molecule has 0 aromatic rings. The average Bonchev–Trinajstić information content (AvgIpc) is 2.53. The first-order chi connectivity index (χ1) is 11.5. The highest BCUT2D eigenvalue weighted by atomic mass is 16.5. The number of methoxy groups -OCH3 is 1. The Hall–Kier alpha value is -1.09. The zero-order chi connectivity index (χ0) is 18.0. The second-order valence-electron chi connectivity index (χ2n) is 7.52. The van der Waals surface area contributed by atoms with Crippen LogP contribution in [0.15, 0.2) is 23.8 Å². The Balaban J connectivity index is 2.84. The van der Waals surface area contributed by atoms with Crippen molar-refractivity contribution in [2.45, 2.75) is 72.1 Å². The van der Waals surface area contributed by atoms with E-state index in [1.807, 2.05) is 12.2 Å². The number of unbranched alkanes of at least 4 members (excludes halogenated alkanes) is 2. The maximum atomic E-state index is 12.3. The van der Waals surface area contributed by atoms with E-state index >= 15 is 0 Å². The van der Waals surface area contributed by atoms with Crippen molar-refractivity contribution in [1.82, 2.24) is 0 Å². The molecule has 0 spiro atoms. The highest BCUT2D eigenvalue weighted by Crippen LogP contribution is 2.45. The summed E-state index contributed by atoms with van der Waals surface area (Å²) in [6.07, 6.45) is 14.1. The molecule has 3 nitrogen and oxygen atoms in total. The molecule has 2 unspecified atom stereocenters. The van der Waals surface area contributed by atoms with Gasteiger partial charge >= 0.3 is 5.97 Å². The third kappa shape index (κ3) is 5.77. The molecule has 0 bridgehead atoms. The zero-order valence-corrected chi connectivity index (χ0v) is 16.0. The Morgan fingerprint density at radius 3 is 2.67 bits per heavy atom. The molecule has 24 heavy (non-hydrogen) atoms.